The number of rotatable bonds is 3. The van der Waals surface area contributed by atoms with Crippen LogP contribution in [0.15, 0.2) is 12.7 Å². The zero-order valence-electron chi connectivity index (χ0n) is 4.53. The minimum absolute atomic E-state index is 0.0893. The molecule has 0 radical (unpaired) electrons. The van der Waals surface area contributed by atoms with E-state index in [9.17, 15) is 13.6 Å². The fourth-order valence-electron chi connectivity index (χ4n) is 0.228. The standard InChI is InChI=1S/C4H6O4S/c1-2-3-4(5)8-9(6)7/h2H,1,3H2,(H,6,7)/p-1. The highest BCUT2D eigenvalue weighted by atomic mass is 32.2. The molecule has 0 saturated carbocycles. The van der Waals surface area contributed by atoms with Crippen LogP contribution in [-0.4, -0.2) is 14.7 Å². The van der Waals surface area contributed by atoms with Gasteiger partial charge in [0.25, 0.3) is 0 Å². The van der Waals surface area contributed by atoms with Crippen LogP contribution < -0.4 is 0 Å². The second-order valence-corrected chi connectivity index (χ2v) is 1.73. The predicted molar refractivity (Wildman–Crippen MR) is 29.8 cm³/mol. The number of hydrogen-bond donors (Lipinski definition) is 0. The predicted octanol–water partition coefficient (Wildman–Crippen LogP) is -0.100. The van der Waals surface area contributed by atoms with Crippen LogP contribution in [-0.2, 0) is 20.3 Å². The Hall–Kier alpha value is -0.680. The first-order chi connectivity index (χ1) is 4.16. The molecule has 0 aliphatic carbocycles. The van der Waals surface area contributed by atoms with Crippen LogP contribution in [0.2, 0.25) is 0 Å². The van der Waals surface area contributed by atoms with Crippen molar-refractivity contribution in [2.75, 3.05) is 0 Å². The highest BCUT2D eigenvalue weighted by Crippen LogP contribution is 1.87. The molecule has 0 aliphatic heterocycles. The van der Waals surface area contributed by atoms with Crippen molar-refractivity contribution in [3.8, 4) is 0 Å². The monoisotopic (exact) mass is 149 g/mol. The van der Waals surface area contributed by atoms with Crippen LogP contribution in [0.5, 0.6) is 0 Å². The van der Waals surface area contributed by atoms with Gasteiger partial charge < -0.3 is 8.74 Å². The van der Waals surface area contributed by atoms with E-state index in [0.717, 1.165) is 0 Å². The maximum atomic E-state index is 10.2. The first-order valence-corrected chi connectivity index (χ1v) is 3.08. The van der Waals surface area contributed by atoms with E-state index in [1.807, 2.05) is 0 Å². The molecular formula is C4H5O4S-. The van der Waals surface area contributed by atoms with Crippen molar-refractivity contribution in [3.05, 3.63) is 12.7 Å². The van der Waals surface area contributed by atoms with E-state index < -0.39 is 17.3 Å². The number of carbonyl (C=O) groups is 1. The van der Waals surface area contributed by atoms with Crippen molar-refractivity contribution < 1.29 is 17.7 Å². The SMILES string of the molecule is C=CCC(=O)OS(=O)[O-]. The van der Waals surface area contributed by atoms with E-state index in [1.54, 1.807) is 0 Å². The highest BCUT2D eigenvalue weighted by Gasteiger charge is 1.96. The Morgan fingerprint density at radius 1 is 1.89 bits per heavy atom. The zero-order valence-corrected chi connectivity index (χ0v) is 5.35. The molecule has 0 aromatic heterocycles. The van der Waals surface area contributed by atoms with Gasteiger partial charge in [0.15, 0.2) is 0 Å². The maximum Gasteiger partial charge on any atom is 0.322 e. The summed E-state index contributed by atoms with van der Waals surface area (Å²) in [6, 6.07) is 0. The topological polar surface area (TPSA) is 66.4 Å². The Labute approximate surface area is 55.0 Å². The fourth-order valence-corrected chi connectivity index (χ4v) is 0.448. The van der Waals surface area contributed by atoms with Crippen LogP contribution in [0.25, 0.3) is 0 Å². The van der Waals surface area contributed by atoms with Crippen molar-refractivity contribution in [2.45, 2.75) is 6.42 Å². The van der Waals surface area contributed by atoms with E-state index in [2.05, 4.69) is 10.8 Å². The molecule has 52 valence electrons. The van der Waals surface area contributed by atoms with Gasteiger partial charge in [-0.25, -0.2) is 4.21 Å². The molecule has 0 amide bonds. The molecule has 0 aliphatic rings. The molecule has 0 saturated heterocycles. The molecule has 1 unspecified atom stereocenters. The van der Waals surface area contributed by atoms with Crippen LogP contribution in [0.3, 0.4) is 0 Å². The average molecular weight is 149 g/mol. The van der Waals surface area contributed by atoms with E-state index in [1.165, 1.54) is 6.08 Å². The van der Waals surface area contributed by atoms with E-state index in [4.69, 9.17) is 0 Å². The van der Waals surface area contributed by atoms with E-state index in [0.29, 0.717) is 0 Å². The van der Waals surface area contributed by atoms with Gasteiger partial charge in [-0.3, -0.25) is 4.79 Å². The summed E-state index contributed by atoms with van der Waals surface area (Å²) in [6.07, 6.45) is 1.17. The first kappa shape index (κ1) is 8.32. The third-order valence-corrected chi connectivity index (χ3v) is 0.794. The molecule has 0 aromatic rings. The molecule has 0 aromatic carbocycles. The largest absolute Gasteiger partial charge is 0.740 e. The Balaban J connectivity index is 3.50. The van der Waals surface area contributed by atoms with Crippen molar-refractivity contribution >= 4 is 17.3 Å². The molecule has 0 bridgehead atoms. The lowest BCUT2D eigenvalue weighted by Gasteiger charge is -2.01. The summed E-state index contributed by atoms with van der Waals surface area (Å²) in [4.78, 5) is 10.2. The first-order valence-electron chi connectivity index (χ1n) is 2.08. The summed E-state index contributed by atoms with van der Waals surface area (Å²) < 4.78 is 22.9. The summed E-state index contributed by atoms with van der Waals surface area (Å²) >= 11 is -2.74. The number of carbonyl (C=O) groups excluding carboxylic acids is 1. The second-order valence-electron chi connectivity index (χ2n) is 1.15. The zero-order chi connectivity index (χ0) is 7.28. The van der Waals surface area contributed by atoms with Crippen molar-refractivity contribution in [3.63, 3.8) is 0 Å². The van der Waals surface area contributed by atoms with Gasteiger partial charge in [-0.15, -0.1) is 6.58 Å². The molecular weight excluding hydrogens is 144 g/mol. The highest BCUT2D eigenvalue weighted by molar-refractivity contribution is 7.74. The van der Waals surface area contributed by atoms with Gasteiger partial charge in [0, 0.05) is 0 Å². The van der Waals surface area contributed by atoms with Crippen LogP contribution >= 0.6 is 0 Å². The lowest BCUT2D eigenvalue weighted by atomic mass is 10.4. The second kappa shape index (κ2) is 4.22. The van der Waals surface area contributed by atoms with E-state index in [-0.39, 0.29) is 6.42 Å². The number of hydrogen-bond acceptors (Lipinski definition) is 4. The van der Waals surface area contributed by atoms with Gasteiger partial charge in [0.1, 0.15) is 11.4 Å². The lowest BCUT2D eigenvalue weighted by Crippen LogP contribution is -2.04. The Morgan fingerprint density at radius 2 is 2.44 bits per heavy atom. The summed E-state index contributed by atoms with van der Waals surface area (Å²) in [5, 5.41) is 0. The van der Waals surface area contributed by atoms with Gasteiger partial charge in [-0.2, -0.15) is 0 Å². The van der Waals surface area contributed by atoms with E-state index >= 15 is 0 Å². The maximum absolute atomic E-state index is 10.2. The third kappa shape index (κ3) is 5.19. The fraction of sp³-hybridized carbons (Fsp3) is 0.250. The van der Waals surface area contributed by atoms with Crippen molar-refractivity contribution in [1.82, 2.24) is 0 Å². The molecule has 9 heavy (non-hydrogen) atoms. The molecule has 0 rings (SSSR count). The van der Waals surface area contributed by atoms with Crippen LogP contribution in [0, 0.1) is 0 Å². The summed E-state index contributed by atoms with van der Waals surface area (Å²) in [5.74, 6) is -0.821. The molecule has 5 heteroatoms. The van der Waals surface area contributed by atoms with Gasteiger partial charge in [0.05, 0.1) is 6.42 Å². The third-order valence-electron chi connectivity index (χ3n) is 0.472. The normalized spacial score (nSPS) is 12.1. The molecule has 0 spiro atoms. The van der Waals surface area contributed by atoms with Gasteiger partial charge in [0.2, 0.25) is 0 Å². The van der Waals surface area contributed by atoms with Crippen molar-refractivity contribution in [1.29, 1.82) is 0 Å². The lowest BCUT2D eigenvalue weighted by molar-refractivity contribution is -0.132. The minimum atomic E-state index is -2.74. The molecule has 4 nitrogen and oxygen atoms in total. The molecule has 0 N–H and O–H groups in total. The van der Waals surface area contributed by atoms with Crippen LogP contribution in [0.4, 0.5) is 0 Å². The minimum Gasteiger partial charge on any atom is -0.740 e. The van der Waals surface area contributed by atoms with Gasteiger partial charge >= 0.3 is 5.97 Å². The van der Waals surface area contributed by atoms with Gasteiger partial charge in [-0.1, -0.05) is 6.08 Å². The Bertz CT molecular complexity index is 142. The summed E-state index contributed by atoms with van der Waals surface area (Å²) in [5.41, 5.74) is 0. The van der Waals surface area contributed by atoms with Crippen molar-refractivity contribution in [2.24, 2.45) is 0 Å². The van der Waals surface area contributed by atoms with Gasteiger partial charge in [-0.05, 0) is 0 Å². The summed E-state index contributed by atoms with van der Waals surface area (Å²) in [7, 11) is 0. The smallest absolute Gasteiger partial charge is 0.322 e. The quantitative estimate of drug-likeness (QED) is 0.415. The summed E-state index contributed by atoms with van der Waals surface area (Å²) in [6.45, 7) is 3.21. The molecule has 0 fully saturated rings. The Morgan fingerprint density at radius 3 is 2.78 bits per heavy atom. The molecule has 1 atom stereocenters. The molecule has 0 heterocycles. The van der Waals surface area contributed by atoms with Crippen LogP contribution in [0.1, 0.15) is 6.42 Å². The Kier molecular flexibility index (Phi) is 3.90. The average Bonchev–Trinajstić information content (AvgIpc) is 1.63.